The second kappa shape index (κ2) is 12.1. The Hall–Kier alpha value is -2.88. The van der Waals surface area contributed by atoms with Gasteiger partial charge < -0.3 is 15.1 Å². The third-order valence-corrected chi connectivity index (χ3v) is 7.00. The topological polar surface area (TPSA) is 70.5 Å². The van der Waals surface area contributed by atoms with Crippen molar-refractivity contribution in [2.75, 3.05) is 19.6 Å². The largest absolute Gasteiger partial charge is 0.416 e. The van der Waals surface area contributed by atoms with Crippen LogP contribution in [0.5, 0.6) is 0 Å². The molecular formula is C27H38F3N5O2. The van der Waals surface area contributed by atoms with Gasteiger partial charge in [-0.05, 0) is 56.9 Å². The highest BCUT2D eigenvalue weighted by molar-refractivity contribution is 5.93. The van der Waals surface area contributed by atoms with Crippen molar-refractivity contribution in [3.63, 3.8) is 0 Å². The molecule has 2 amide bonds. The third-order valence-electron chi connectivity index (χ3n) is 7.00. The van der Waals surface area contributed by atoms with Crippen molar-refractivity contribution in [2.24, 2.45) is 5.92 Å². The fourth-order valence-electron chi connectivity index (χ4n) is 4.84. The van der Waals surface area contributed by atoms with Gasteiger partial charge in [0.1, 0.15) is 0 Å². The van der Waals surface area contributed by atoms with Crippen LogP contribution in [0.15, 0.2) is 24.3 Å². The Balaban J connectivity index is 0.000000214. The van der Waals surface area contributed by atoms with E-state index in [0.717, 1.165) is 37.2 Å². The standard InChI is InChI=1S/C14H21N5O2.C13H17F3/c1-10-6-15-7-11(2)19(10)14(21)13-5-12-8-17(9-20)3-4-18(12)16-13;1-4-9(2)5-11-6-10(3)7-12(8-11)13(14,15)16/h5,9-11,15H,3-4,6-8H2,1-2H3;6-9H,4-5H2,1-3H3. The van der Waals surface area contributed by atoms with E-state index in [4.69, 9.17) is 0 Å². The maximum atomic E-state index is 12.7. The molecule has 10 heteroatoms. The van der Waals surface area contributed by atoms with Gasteiger partial charge in [0, 0.05) is 31.7 Å². The Kier molecular flexibility index (Phi) is 9.39. The molecule has 0 spiro atoms. The van der Waals surface area contributed by atoms with Crippen LogP contribution >= 0.6 is 0 Å². The predicted molar refractivity (Wildman–Crippen MR) is 136 cm³/mol. The number of carbonyl (C=O) groups excluding carboxylic acids is 2. The normalized spacial score (nSPS) is 20.5. The molecule has 2 aliphatic rings. The minimum Gasteiger partial charge on any atom is -0.338 e. The van der Waals surface area contributed by atoms with E-state index in [9.17, 15) is 22.8 Å². The number of nitrogens with one attached hydrogen (secondary N) is 1. The SMILES string of the molecule is CC1CNCC(C)N1C(=O)c1cc2n(n1)CCN(C=O)C2.CCC(C)Cc1cc(C)cc(C(F)(F)F)c1. The number of nitrogens with zero attached hydrogens (tertiary/aromatic N) is 4. The lowest BCUT2D eigenvalue weighted by molar-refractivity contribution is -0.137. The Morgan fingerprint density at radius 3 is 2.43 bits per heavy atom. The first-order chi connectivity index (χ1) is 17.4. The summed E-state index contributed by atoms with van der Waals surface area (Å²) in [4.78, 5) is 27.2. The lowest BCUT2D eigenvalue weighted by atomic mass is 9.96. The van der Waals surface area contributed by atoms with Gasteiger partial charge in [-0.15, -0.1) is 0 Å². The molecule has 3 unspecified atom stereocenters. The second-order valence-corrected chi connectivity index (χ2v) is 10.3. The van der Waals surface area contributed by atoms with Crippen LogP contribution in [-0.2, 0) is 30.5 Å². The summed E-state index contributed by atoms with van der Waals surface area (Å²) < 4.78 is 39.5. The molecule has 1 saturated heterocycles. The van der Waals surface area contributed by atoms with Gasteiger partial charge in [0.25, 0.3) is 5.91 Å². The third kappa shape index (κ3) is 7.34. The zero-order valence-corrected chi connectivity index (χ0v) is 22.3. The number of aromatic nitrogens is 2. The number of benzene rings is 1. The molecule has 0 aliphatic carbocycles. The Bertz CT molecular complexity index is 1070. The summed E-state index contributed by atoms with van der Waals surface area (Å²) in [6.45, 7) is 13.3. The number of hydrogen-bond donors (Lipinski definition) is 1. The molecule has 1 aromatic heterocycles. The summed E-state index contributed by atoms with van der Waals surface area (Å²) in [5.41, 5.74) is 2.33. The highest BCUT2D eigenvalue weighted by Crippen LogP contribution is 2.31. The minimum absolute atomic E-state index is 0.0175. The molecule has 0 bridgehead atoms. The highest BCUT2D eigenvalue weighted by atomic mass is 19.4. The summed E-state index contributed by atoms with van der Waals surface area (Å²) in [7, 11) is 0. The van der Waals surface area contributed by atoms with E-state index in [1.165, 1.54) is 12.1 Å². The van der Waals surface area contributed by atoms with E-state index in [-0.39, 0.29) is 18.0 Å². The number of amides is 2. The van der Waals surface area contributed by atoms with Gasteiger partial charge in [-0.1, -0.05) is 31.9 Å². The zero-order chi connectivity index (χ0) is 27.3. The van der Waals surface area contributed by atoms with Crippen molar-refractivity contribution >= 4 is 12.3 Å². The lowest BCUT2D eigenvalue weighted by Crippen LogP contribution is -2.57. The molecule has 3 heterocycles. The van der Waals surface area contributed by atoms with Crippen molar-refractivity contribution in [3.8, 4) is 0 Å². The average Bonchev–Trinajstić information content (AvgIpc) is 3.26. The van der Waals surface area contributed by atoms with Crippen LogP contribution in [0.4, 0.5) is 13.2 Å². The van der Waals surface area contributed by atoms with Crippen molar-refractivity contribution in [2.45, 2.75) is 78.8 Å². The highest BCUT2D eigenvalue weighted by Gasteiger charge is 2.32. The van der Waals surface area contributed by atoms with Crippen LogP contribution < -0.4 is 5.32 Å². The molecule has 204 valence electrons. The van der Waals surface area contributed by atoms with Gasteiger partial charge >= 0.3 is 6.18 Å². The first-order valence-corrected chi connectivity index (χ1v) is 12.9. The zero-order valence-electron chi connectivity index (χ0n) is 22.3. The molecule has 0 saturated carbocycles. The van der Waals surface area contributed by atoms with Gasteiger partial charge in [0.2, 0.25) is 6.41 Å². The molecule has 1 N–H and O–H groups in total. The van der Waals surface area contributed by atoms with E-state index >= 15 is 0 Å². The number of carbonyl (C=O) groups is 2. The Morgan fingerprint density at radius 1 is 1.16 bits per heavy atom. The van der Waals surface area contributed by atoms with Gasteiger partial charge in [0.15, 0.2) is 5.69 Å². The summed E-state index contributed by atoms with van der Waals surface area (Å²) in [5.74, 6) is 0.402. The van der Waals surface area contributed by atoms with Gasteiger partial charge in [0.05, 0.1) is 24.3 Å². The fraction of sp³-hybridized carbons (Fsp3) is 0.593. The van der Waals surface area contributed by atoms with E-state index in [2.05, 4.69) is 17.3 Å². The molecule has 4 rings (SSSR count). The first-order valence-electron chi connectivity index (χ1n) is 12.9. The summed E-state index contributed by atoms with van der Waals surface area (Å²) in [5, 5.41) is 7.74. The molecule has 7 nitrogen and oxygen atoms in total. The van der Waals surface area contributed by atoms with E-state index in [1.54, 1.807) is 11.8 Å². The molecular weight excluding hydrogens is 483 g/mol. The number of piperazine rings is 1. The fourth-order valence-corrected chi connectivity index (χ4v) is 4.84. The maximum Gasteiger partial charge on any atom is 0.416 e. The van der Waals surface area contributed by atoms with Crippen LogP contribution in [0.1, 0.15) is 67.0 Å². The van der Waals surface area contributed by atoms with Gasteiger partial charge in [-0.25, -0.2) is 0 Å². The van der Waals surface area contributed by atoms with Crippen LogP contribution in [0.2, 0.25) is 0 Å². The molecule has 0 radical (unpaired) electrons. The number of hydrogen-bond acceptors (Lipinski definition) is 4. The lowest BCUT2D eigenvalue weighted by Gasteiger charge is -2.39. The number of halogens is 3. The number of alkyl halides is 3. The number of aryl methyl sites for hydroxylation is 1. The van der Waals surface area contributed by atoms with E-state index in [0.29, 0.717) is 43.2 Å². The van der Waals surface area contributed by atoms with E-state index < -0.39 is 11.7 Å². The van der Waals surface area contributed by atoms with Crippen molar-refractivity contribution in [1.29, 1.82) is 0 Å². The van der Waals surface area contributed by atoms with Crippen molar-refractivity contribution in [3.05, 3.63) is 52.3 Å². The molecule has 3 atom stereocenters. The number of fused-ring (bicyclic) bond motifs is 1. The minimum atomic E-state index is -4.24. The summed E-state index contributed by atoms with van der Waals surface area (Å²) in [6, 6.07) is 6.43. The monoisotopic (exact) mass is 521 g/mol. The Labute approximate surface area is 217 Å². The van der Waals surface area contributed by atoms with Crippen molar-refractivity contribution in [1.82, 2.24) is 24.9 Å². The van der Waals surface area contributed by atoms with Crippen LogP contribution in [0.3, 0.4) is 0 Å². The smallest absolute Gasteiger partial charge is 0.338 e. The molecule has 1 aromatic carbocycles. The maximum absolute atomic E-state index is 12.7. The molecule has 37 heavy (non-hydrogen) atoms. The molecule has 2 aliphatic heterocycles. The van der Waals surface area contributed by atoms with Gasteiger partial charge in [-0.2, -0.15) is 18.3 Å². The average molecular weight is 522 g/mol. The molecule has 2 aromatic rings. The summed E-state index contributed by atoms with van der Waals surface area (Å²) in [6.07, 6.45) is -1.70. The van der Waals surface area contributed by atoms with Crippen LogP contribution in [0.25, 0.3) is 0 Å². The predicted octanol–water partition coefficient (Wildman–Crippen LogP) is 4.28. The second-order valence-electron chi connectivity index (χ2n) is 10.3. The van der Waals surface area contributed by atoms with Crippen molar-refractivity contribution < 1.29 is 22.8 Å². The first kappa shape index (κ1) is 28.7. The molecule has 1 fully saturated rings. The van der Waals surface area contributed by atoms with Crippen LogP contribution in [0, 0.1) is 12.8 Å². The Morgan fingerprint density at radius 2 is 1.84 bits per heavy atom. The quantitative estimate of drug-likeness (QED) is 0.597. The van der Waals surface area contributed by atoms with E-state index in [1.807, 2.05) is 42.5 Å². The summed E-state index contributed by atoms with van der Waals surface area (Å²) >= 11 is 0. The van der Waals surface area contributed by atoms with Crippen LogP contribution in [-0.4, -0.2) is 63.6 Å². The van der Waals surface area contributed by atoms with Gasteiger partial charge in [-0.3, -0.25) is 14.3 Å². The number of rotatable bonds is 5.